The van der Waals surface area contributed by atoms with Crippen molar-refractivity contribution >= 4 is 11.4 Å². The molecule has 0 aliphatic carbocycles. The maximum absolute atomic E-state index is 12.2. The molecule has 0 saturated carbocycles. The third-order valence-corrected chi connectivity index (χ3v) is 3.07. The Hall–Kier alpha value is -3.62. The van der Waals surface area contributed by atoms with Gasteiger partial charge in [-0.3, -0.25) is 20.2 Å². The summed E-state index contributed by atoms with van der Waals surface area (Å²) in [5.41, 5.74) is 1.48. The van der Waals surface area contributed by atoms with Gasteiger partial charge in [0.25, 0.3) is 11.4 Å². The topological polar surface area (TPSA) is 104 Å². The molecular weight excluding hydrogens is 331 g/mol. The SMILES string of the molecule is Cc1cn(-c2cccc([N+](=O)[O-])c2)cn1.O=[N+]([O-])c1cccc(F)c1. The molecule has 0 aliphatic heterocycles. The van der Waals surface area contributed by atoms with Crippen LogP contribution in [0.4, 0.5) is 15.8 Å². The van der Waals surface area contributed by atoms with Crippen LogP contribution in [0.1, 0.15) is 5.69 Å². The molecule has 25 heavy (non-hydrogen) atoms. The van der Waals surface area contributed by atoms with Gasteiger partial charge in [-0.25, -0.2) is 9.37 Å². The lowest BCUT2D eigenvalue weighted by Gasteiger charge is -2.00. The number of nitro benzene ring substituents is 2. The standard InChI is InChI=1S/C10H9N3O2.C6H4FNO2/c1-8-6-12(7-11-8)9-3-2-4-10(5-9)13(14)15;7-5-2-1-3-6(4-5)8(9)10/h2-7H,1H3;1-4H. The number of non-ortho nitro benzene ring substituents is 2. The quantitative estimate of drug-likeness (QED) is 0.530. The van der Waals surface area contributed by atoms with E-state index in [1.165, 1.54) is 24.3 Å². The van der Waals surface area contributed by atoms with E-state index in [1.807, 2.05) is 13.1 Å². The highest BCUT2D eigenvalue weighted by atomic mass is 19.1. The van der Waals surface area contributed by atoms with E-state index in [0.717, 1.165) is 23.5 Å². The molecule has 0 atom stereocenters. The summed E-state index contributed by atoms with van der Waals surface area (Å²) in [5.74, 6) is -0.589. The van der Waals surface area contributed by atoms with Gasteiger partial charge in [0, 0.05) is 24.4 Å². The zero-order chi connectivity index (χ0) is 18.4. The Balaban J connectivity index is 0.000000196. The minimum Gasteiger partial charge on any atom is -0.306 e. The summed E-state index contributed by atoms with van der Waals surface area (Å²) in [5, 5.41) is 20.6. The van der Waals surface area contributed by atoms with Crippen LogP contribution in [0, 0.1) is 33.0 Å². The highest BCUT2D eigenvalue weighted by Gasteiger charge is 2.06. The molecular formula is C16H13FN4O4. The van der Waals surface area contributed by atoms with Gasteiger partial charge in [0.2, 0.25) is 0 Å². The molecule has 9 heteroatoms. The Morgan fingerprint density at radius 1 is 1.00 bits per heavy atom. The summed E-state index contributed by atoms with van der Waals surface area (Å²) in [7, 11) is 0. The second-order valence-corrected chi connectivity index (χ2v) is 4.94. The Morgan fingerprint density at radius 2 is 1.60 bits per heavy atom. The van der Waals surface area contributed by atoms with Crippen molar-refractivity contribution in [2.75, 3.05) is 0 Å². The fourth-order valence-electron chi connectivity index (χ4n) is 1.92. The number of benzene rings is 2. The second-order valence-electron chi connectivity index (χ2n) is 4.94. The summed E-state index contributed by atoms with van der Waals surface area (Å²) in [6.07, 6.45) is 3.45. The van der Waals surface area contributed by atoms with E-state index in [0.29, 0.717) is 0 Å². The molecule has 0 radical (unpaired) electrons. The molecule has 0 amide bonds. The van der Waals surface area contributed by atoms with E-state index in [9.17, 15) is 24.6 Å². The third-order valence-electron chi connectivity index (χ3n) is 3.07. The molecule has 3 rings (SSSR count). The van der Waals surface area contributed by atoms with Crippen molar-refractivity contribution in [3.05, 3.63) is 92.8 Å². The van der Waals surface area contributed by atoms with E-state index in [4.69, 9.17) is 0 Å². The van der Waals surface area contributed by atoms with Gasteiger partial charge in [-0.05, 0) is 19.1 Å². The van der Waals surface area contributed by atoms with Crippen molar-refractivity contribution in [3.8, 4) is 5.69 Å². The maximum Gasteiger partial charge on any atom is 0.272 e. The van der Waals surface area contributed by atoms with Crippen molar-refractivity contribution in [1.82, 2.24) is 9.55 Å². The summed E-state index contributed by atoms with van der Waals surface area (Å²) in [6, 6.07) is 11.0. The molecule has 128 valence electrons. The minimum absolute atomic E-state index is 0.0823. The molecule has 0 N–H and O–H groups in total. The van der Waals surface area contributed by atoms with Crippen LogP contribution in [-0.4, -0.2) is 19.4 Å². The first kappa shape index (κ1) is 17.7. The number of imidazole rings is 1. The van der Waals surface area contributed by atoms with Crippen LogP contribution in [0.25, 0.3) is 5.69 Å². The molecule has 1 aromatic heterocycles. The van der Waals surface area contributed by atoms with Gasteiger partial charge >= 0.3 is 0 Å². The Kier molecular flexibility index (Phi) is 5.51. The van der Waals surface area contributed by atoms with Gasteiger partial charge in [-0.2, -0.15) is 0 Å². The number of rotatable bonds is 3. The molecule has 0 spiro atoms. The zero-order valence-electron chi connectivity index (χ0n) is 13.1. The van der Waals surface area contributed by atoms with E-state index >= 15 is 0 Å². The highest BCUT2D eigenvalue weighted by Crippen LogP contribution is 2.16. The smallest absolute Gasteiger partial charge is 0.272 e. The van der Waals surface area contributed by atoms with Gasteiger partial charge in [0.15, 0.2) is 0 Å². The third kappa shape index (κ3) is 4.93. The average molecular weight is 344 g/mol. The van der Waals surface area contributed by atoms with Gasteiger partial charge in [0.05, 0.1) is 33.6 Å². The number of halogens is 1. The average Bonchev–Trinajstić information content (AvgIpc) is 3.02. The Labute approximate surface area is 141 Å². The number of aryl methyl sites for hydroxylation is 1. The molecule has 1 heterocycles. The predicted molar refractivity (Wildman–Crippen MR) is 88.0 cm³/mol. The van der Waals surface area contributed by atoms with Crippen molar-refractivity contribution in [3.63, 3.8) is 0 Å². The summed E-state index contributed by atoms with van der Waals surface area (Å²) < 4.78 is 14.0. The number of nitro groups is 2. The lowest BCUT2D eigenvalue weighted by atomic mass is 10.3. The van der Waals surface area contributed by atoms with Crippen LogP contribution < -0.4 is 0 Å². The van der Waals surface area contributed by atoms with Crippen molar-refractivity contribution in [2.45, 2.75) is 6.92 Å². The van der Waals surface area contributed by atoms with Crippen molar-refractivity contribution in [1.29, 1.82) is 0 Å². The molecule has 0 unspecified atom stereocenters. The zero-order valence-corrected chi connectivity index (χ0v) is 13.1. The largest absolute Gasteiger partial charge is 0.306 e. The molecule has 3 aromatic rings. The highest BCUT2D eigenvalue weighted by molar-refractivity contribution is 5.43. The number of hydrogen-bond acceptors (Lipinski definition) is 5. The lowest BCUT2D eigenvalue weighted by molar-refractivity contribution is -0.385. The van der Waals surface area contributed by atoms with Crippen molar-refractivity contribution < 1.29 is 14.2 Å². The summed E-state index contributed by atoms with van der Waals surface area (Å²) in [6.45, 7) is 1.87. The molecule has 2 aromatic carbocycles. The first-order chi connectivity index (χ1) is 11.9. The normalized spacial score (nSPS) is 9.84. The number of aromatic nitrogens is 2. The fourth-order valence-corrected chi connectivity index (χ4v) is 1.92. The van der Waals surface area contributed by atoms with E-state index < -0.39 is 15.7 Å². The molecule has 0 bridgehead atoms. The van der Waals surface area contributed by atoms with Crippen LogP contribution in [-0.2, 0) is 0 Å². The molecule has 0 aliphatic rings. The van der Waals surface area contributed by atoms with E-state index in [2.05, 4.69) is 4.98 Å². The van der Waals surface area contributed by atoms with Crippen molar-refractivity contribution in [2.24, 2.45) is 0 Å². The van der Waals surface area contributed by atoms with Crippen LogP contribution >= 0.6 is 0 Å². The maximum atomic E-state index is 12.2. The monoisotopic (exact) mass is 344 g/mol. The Bertz CT molecular complexity index is 910. The van der Waals surface area contributed by atoms with Crippen LogP contribution in [0.5, 0.6) is 0 Å². The van der Waals surface area contributed by atoms with Crippen LogP contribution in [0.15, 0.2) is 61.1 Å². The molecule has 0 fully saturated rings. The Morgan fingerprint density at radius 3 is 2.08 bits per heavy atom. The van der Waals surface area contributed by atoms with Gasteiger partial charge < -0.3 is 4.57 Å². The summed E-state index contributed by atoms with van der Waals surface area (Å²) >= 11 is 0. The number of hydrogen-bond donors (Lipinski definition) is 0. The van der Waals surface area contributed by atoms with E-state index in [-0.39, 0.29) is 11.4 Å². The number of nitrogens with zero attached hydrogens (tertiary/aromatic N) is 4. The van der Waals surface area contributed by atoms with E-state index in [1.54, 1.807) is 23.0 Å². The molecule has 0 saturated heterocycles. The predicted octanol–water partition coefficient (Wildman–Crippen LogP) is 3.82. The fraction of sp³-hybridized carbons (Fsp3) is 0.0625. The first-order valence-electron chi connectivity index (χ1n) is 7.02. The first-order valence-corrected chi connectivity index (χ1v) is 7.02. The van der Waals surface area contributed by atoms with Gasteiger partial charge in [-0.15, -0.1) is 0 Å². The molecule has 8 nitrogen and oxygen atoms in total. The summed E-state index contributed by atoms with van der Waals surface area (Å²) in [4.78, 5) is 23.6. The minimum atomic E-state index is -0.636. The lowest BCUT2D eigenvalue weighted by Crippen LogP contribution is -1.93. The van der Waals surface area contributed by atoms with Gasteiger partial charge in [-0.1, -0.05) is 12.1 Å². The van der Waals surface area contributed by atoms with Crippen LogP contribution in [0.2, 0.25) is 0 Å². The van der Waals surface area contributed by atoms with Gasteiger partial charge in [0.1, 0.15) is 5.82 Å². The van der Waals surface area contributed by atoms with Crippen LogP contribution in [0.3, 0.4) is 0 Å². The second kappa shape index (κ2) is 7.77.